The Hall–Kier alpha value is -2.16. The third-order valence-electron chi connectivity index (χ3n) is 3.19. The largest absolute Gasteiger partial charge is 0.460 e. The molecule has 3 aromatic rings. The summed E-state index contributed by atoms with van der Waals surface area (Å²) in [7, 11) is 0. The lowest BCUT2D eigenvalue weighted by Gasteiger charge is -2.04. The Morgan fingerprint density at radius 2 is 2.13 bits per heavy atom. The highest BCUT2D eigenvalue weighted by Crippen LogP contribution is 2.22. The maximum atomic E-state index is 11.8. The molecule has 23 heavy (non-hydrogen) atoms. The number of rotatable bonds is 5. The fourth-order valence-electron chi connectivity index (χ4n) is 2.13. The van der Waals surface area contributed by atoms with E-state index in [0.717, 1.165) is 9.13 Å². The normalized spacial score (nSPS) is 10.7. The molecule has 0 saturated carbocycles. The Balaban J connectivity index is 1.79. The zero-order chi connectivity index (χ0) is 16.2. The van der Waals surface area contributed by atoms with Crippen molar-refractivity contribution in [3.05, 3.63) is 57.8 Å². The maximum Gasteiger partial charge on any atom is 0.374 e. The van der Waals surface area contributed by atoms with Gasteiger partial charge in [-0.1, -0.05) is 17.3 Å². The summed E-state index contributed by atoms with van der Waals surface area (Å²) in [6, 6.07) is 9.83. The molecular formula is C16H14IN3O3. The Morgan fingerprint density at radius 3 is 2.87 bits per heavy atom. The van der Waals surface area contributed by atoms with E-state index in [0.29, 0.717) is 24.6 Å². The van der Waals surface area contributed by atoms with Crippen molar-refractivity contribution in [3.63, 3.8) is 0 Å². The van der Waals surface area contributed by atoms with E-state index in [4.69, 9.17) is 9.26 Å². The molecule has 2 heterocycles. The van der Waals surface area contributed by atoms with Crippen LogP contribution in [0.4, 0.5) is 0 Å². The molecule has 0 spiro atoms. The third kappa shape index (κ3) is 3.61. The molecule has 6 nitrogen and oxygen atoms in total. The van der Waals surface area contributed by atoms with Crippen LogP contribution in [-0.4, -0.2) is 27.3 Å². The molecule has 0 aliphatic heterocycles. The number of nitrogens with zero attached hydrogens (tertiary/aromatic N) is 3. The molecule has 7 heteroatoms. The molecule has 118 valence electrons. The van der Waals surface area contributed by atoms with Crippen LogP contribution in [0, 0.1) is 3.57 Å². The Labute approximate surface area is 146 Å². The van der Waals surface area contributed by atoms with E-state index in [9.17, 15) is 4.79 Å². The van der Waals surface area contributed by atoms with Crippen LogP contribution in [0.5, 0.6) is 0 Å². The summed E-state index contributed by atoms with van der Waals surface area (Å²) in [6.07, 6.45) is 3.28. The highest BCUT2D eigenvalue weighted by molar-refractivity contribution is 14.1. The van der Waals surface area contributed by atoms with Crippen LogP contribution >= 0.6 is 22.6 Å². The molecule has 0 bridgehead atoms. The van der Waals surface area contributed by atoms with Crippen LogP contribution < -0.4 is 0 Å². The Bertz CT molecular complexity index is 808. The van der Waals surface area contributed by atoms with Gasteiger partial charge >= 0.3 is 5.97 Å². The van der Waals surface area contributed by atoms with Crippen molar-refractivity contribution in [1.29, 1.82) is 0 Å². The maximum absolute atomic E-state index is 11.8. The quantitative estimate of drug-likeness (QED) is 0.465. The second-order valence-corrected chi connectivity index (χ2v) is 6.03. The molecule has 0 unspecified atom stereocenters. The van der Waals surface area contributed by atoms with Gasteiger partial charge < -0.3 is 13.8 Å². The number of hydrogen-bond donors (Lipinski definition) is 0. The van der Waals surface area contributed by atoms with Gasteiger partial charge in [-0.25, -0.2) is 9.78 Å². The van der Waals surface area contributed by atoms with E-state index in [-0.39, 0.29) is 5.82 Å². The van der Waals surface area contributed by atoms with Crippen molar-refractivity contribution >= 4 is 28.6 Å². The molecule has 0 aliphatic rings. The van der Waals surface area contributed by atoms with E-state index < -0.39 is 5.97 Å². The lowest BCUT2D eigenvalue weighted by Crippen LogP contribution is -2.13. The number of halogens is 1. The SMILES string of the molecule is CCOC(=O)c1nccn1Cc1cc(-c2ccc(I)cc2)on1. The first-order valence-electron chi connectivity index (χ1n) is 7.07. The van der Waals surface area contributed by atoms with Crippen LogP contribution in [0.3, 0.4) is 0 Å². The second-order valence-electron chi connectivity index (χ2n) is 4.79. The van der Waals surface area contributed by atoms with Gasteiger partial charge in [0.25, 0.3) is 0 Å². The minimum Gasteiger partial charge on any atom is -0.460 e. The molecule has 0 saturated heterocycles. The van der Waals surface area contributed by atoms with Crippen molar-refractivity contribution in [2.45, 2.75) is 13.5 Å². The summed E-state index contributed by atoms with van der Waals surface area (Å²) in [5.41, 5.74) is 1.67. The minimum atomic E-state index is -0.446. The predicted molar refractivity (Wildman–Crippen MR) is 91.9 cm³/mol. The number of carbonyl (C=O) groups is 1. The summed E-state index contributed by atoms with van der Waals surface area (Å²) >= 11 is 2.25. The number of ether oxygens (including phenoxy) is 1. The standard InChI is InChI=1S/C16H14IN3O3/c1-2-22-16(21)15-18-7-8-20(15)10-13-9-14(23-19-13)11-3-5-12(17)6-4-11/h3-9H,2,10H2,1H3. The zero-order valence-electron chi connectivity index (χ0n) is 12.4. The molecule has 0 atom stereocenters. The fourth-order valence-corrected chi connectivity index (χ4v) is 2.49. The van der Waals surface area contributed by atoms with E-state index in [1.807, 2.05) is 30.3 Å². The lowest BCUT2D eigenvalue weighted by atomic mass is 10.1. The van der Waals surface area contributed by atoms with Crippen molar-refractivity contribution in [2.75, 3.05) is 6.61 Å². The molecule has 0 aliphatic carbocycles. The number of esters is 1. The number of benzene rings is 1. The van der Waals surface area contributed by atoms with Crippen LogP contribution in [0.1, 0.15) is 23.2 Å². The molecule has 1 aromatic carbocycles. The molecular weight excluding hydrogens is 409 g/mol. The van der Waals surface area contributed by atoms with Gasteiger partial charge in [-0.3, -0.25) is 0 Å². The molecule has 0 N–H and O–H groups in total. The Morgan fingerprint density at radius 1 is 1.35 bits per heavy atom. The van der Waals surface area contributed by atoms with Crippen molar-refractivity contribution in [1.82, 2.24) is 14.7 Å². The number of aromatic nitrogens is 3. The van der Waals surface area contributed by atoms with Gasteiger partial charge in [0.1, 0.15) is 5.69 Å². The van der Waals surface area contributed by atoms with Gasteiger partial charge in [0, 0.05) is 27.6 Å². The highest BCUT2D eigenvalue weighted by Gasteiger charge is 2.15. The van der Waals surface area contributed by atoms with Gasteiger partial charge in [-0.15, -0.1) is 0 Å². The predicted octanol–water partition coefficient (Wildman–Crippen LogP) is 3.37. The van der Waals surface area contributed by atoms with Crippen LogP contribution in [0.25, 0.3) is 11.3 Å². The number of imidazole rings is 1. The van der Waals surface area contributed by atoms with Crippen LogP contribution in [0.2, 0.25) is 0 Å². The summed E-state index contributed by atoms with van der Waals surface area (Å²) in [5, 5.41) is 4.06. The van der Waals surface area contributed by atoms with Crippen molar-refractivity contribution < 1.29 is 14.1 Å². The Kier molecular flexibility index (Phi) is 4.75. The molecule has 3 rings (SSSR count). The number of carbonyl (C=O) groups excluding carboxylic acids is 1. The average molecular weight is 423 g/mol. The van der Waals surface area contributed by atoms with Crippen LogP contribution in [-0.2, 0) is 11.3 Å². The third-order valence-corrected chi connectivity index (χ3v) is 3.91. The zero-order valence-corrected chi connectivity index (χ0v) is 14.6. The summed E-state index contributed by atoms with van der Waals surface area (Å²) in [6.45, 7) is 2.46. The van der Waals surface area contributed by atoms with E-state index in [1.54, 1.807) is 23.9 Å². The van der Waals surface area contributed by atoms with E-state index in [1.165, 1.54) is 0 Å². The summed E-state index contributed by atoms with van der Waals surface area (Å²) in [4.78, 5) is 15.9. The lowest BCUT2D eigenvalue weighted by molar-refractivity contribution is 0.0507. The minimum absolute atomic E-state index is 0.255. The van der Waals surface area contributed by atoms with Gasteiger partial charge in [0.05, 0.1) is 13.2 Å². The average Bonchev–Trinajstić information content (AvgIpc) is 3.18. The first kappa shape index (κ1) is 15.7. The topological polar surface area (TPSA) is 70.2 Å². The van der Waals surface area contributed by atoms with E-state index in [2.05, 4.69) is 32.7 Å². The molecule has 0 radical (unpaired) electrons. The summed E-state index contributed by atoms with van der Waals surface area (Å²) < 4.78 is 13.2. The summed E-state index contributed by atoms with van der Waals surface area (Å²) in [5.74, 6) is 0.499. The van der Waals surface area contributed by atoms with Gasteiger partial charge in [-0.05, 0) is 41.6 Å². The second kappa shape index (κ2) is 6.95. The highest BCUT2D eigenvalue weighted by atomic mass is 127. The smallest absolute Gasteiger partial charge is 0.374 e. The van der Waals surface area contributed by atoms with Gasteiger partial charge in [0.2, 0.25) is 5.82 Å². The fraction of sp³-hybridized carbons (Fsp3) is 0.188. The van der Waals surface area contributed by atoms with E-state index >= 15 is 0 Å². The first-order chi connectivity index (χ1) is 11.2. The van der Waals surface area contributed by atoms with Crippen molar-refractivity contribution in [2.24, 2.45) is 0 Å². The van der Waals surface area contributed by atoms with Gasteiger partial charge in [0.15, 0.2) is 5.76 Å². The first-order valence-corrected chi connectivity index (χ1v) is 8.15. The van der Waals surface area contributed by atoms with Crippen molar-refractivity contribution in [3.8, 4) is 11.3 Å². The molecule has 2 aromatic heterocycles. The monoisotopic (exact) mass is 423 g/mol. The number of hydrogen-bond acceptors (Lipinski definition) is 5. The molecule has 0 fully saturated rings. The van der Waals surface area contributed by atoms with Crippen LogP contribution in [0.15, 0.2) is 47.2 Å². The van der Waals surface area contributed by atoms with Gasteiger partial charge in [-0.2, -0.15) is 0 Å². The molecule has 0 amide bonds.